The quantitative estimate of drug-likeness (QED) is 0.757. The predicted octanol–water partition coefficient (Wildman–Crippen LogP) is 0.957. The Morgan fingerprint density at radius 1 is 1.14 bits per heavy atom. The molecule has 0 aliphatic carbocycles. The zero-order chi connectivity index (χ0) is 16.0. The minimum Gasteiger partial charge on any atom is -0.399 e. The molecule has 22 heavy (non-hydrogen) atoms. The van der Waals surface area contributed by atoms with Gasteiger partial charge in [0.2, 0.25) is 0 Å². The van der Waals surface area contributed by atoms with Crippen LogP contribution in [-0.2, 0) is 19.5 Å². The van der Waals surface area contributed by atoms with Crippen LogP contribution in [0.4, 0.5) is 0 Å². The first-order valence-corrected chi connectivity index (χ1v) is 7.47. The molecule has 1 atom stereocenters. The van der Waals surface area contributed by atoms with Crippen molar-refractivity contribution in [2.24, 2.45) is 0 Å². The lowest BCUT2D eigenvalue weighted by atomic mass is 9.81. The van der Waals surface area contributed by atoms with E-state index in [2.05, 4.69) is 16.0 Å². The number of ether oxygens (including phenoxy) is 1. The Morgan fingerprint density at radius 3 is 2.18 bits per heavy atom. The number of aromatic nitrogens is 2. The Labute approximate surface area is 130 Å². The monoisotopic (exact) mass is 301 g/mol. The van der Waals surface area contributed by atoms with Gasteiger partial charge in [-0.3, -0.25) is 0 Å². The summed E-state index contributed by atoms with van der Waals surface area (Å²) in [5.41, 5.74) is -0.768. The van der Waals surface area contributed by atoms with E-state index in [4.69, 9.17) is 14.0 Å². The molecule has 2 aliphatic rings. The average Bonchev–Trinajstić information content (AvgIpc) is 3.03. The highest BCUT2D eigenvalue weighted by atomic mass is 16.7. The highest BCUT2D eigenvalue weighted by molar-refractivity contribution is 6.61. The highest BCUT2D eigenvalue weighted by Crippen LogP contribution is 2.36. The third-order valence-corrected chi connectivity index (χ3v) is 4.86. The summed E-state index contributed by atoms with van der Waals surface area (Å²) < 4.78 is 17.3. The molecule has 0 amide bonds. The van der Waals surface area contributed by atoms with Crippen molar-refractivity contribution in [3.05, 3.63) is 18.2 Å². The van der Waals surface area contributed by atoms with Gasteiger partial charge in [0, 0.05) is 24.5 Å². The molecule has 1 aromatic rings. The molecule has 116 valence electrons. The SMILES string of the molecule is CC1(C)OB(c2cnc(C3(C#N)CCOC3)nc2)OC1(C)C. The Morgan fingerprint density at radius 2 is 1.73 bits per heavy atom. The number of hydrogen-bond acceptors (Lipinski definition) is 6. The zero-order valence-corrected chi connectivity index (χ0v) is 13.4. The van der Waals surface area contributed by atoms with Crippen LogP contribution < -0.4 is 5.46 Å². The van der Waals surface area contributed by atoms with Crippen LogP contribution in [0.15, 0.2) is 12.4 Å². The molecular formula is C15H20BN3O3. The van der Waals surface area contributed by atoms with Crippen LogP contribution in [0.2, 0.25) is 0 Å². The molecule has 0 spiro atoms. The molecule has 2 saturated heterocycles. The summed E-state index contributed by atoms with van der Waals surface area (Å²) in [7, 11) is -0.489. The van der Waals surface area contributed by atoms with E-state index in [0.717, 1.165) is 5.46 Å². The average molecular weight is 301 g/mol. The van der Waals surface area contributed by atoms with E-state index < -0.39 is 23.7 Å². The lowest BCUT2D eigenvalue weighted by molar-refractivity contribution is 0.00578. The first kappa shape index (κ1) is 15.4. The van der Waals surface area contributed by atoms with Gasteiger partial charge in [0.1, 0.15) is 5.41 Å². The fraction of sp³-hybridized carbons (Fsp3) is 0.667. The van der Waals surface area contributed by atoms with Crippen molar-refractivity contribution in [3.8, 4) is 6.07 Å². The van der Waals surface area contributed by atoms with Crippen molar-refractivity contribution in [3.63, 3.8) is 0 Å². The van der Waals surface area contributed by atoms with Crippen molar-refractivity contribution in [1.82, 2.24) is 9.97 Å². The van der Waals surface area contributed by atoms with Crippen molar-refractivity contribution < 1.29 is 14.0 Å². The Bertz CT molecular complexity index is 587. The van der Waals surface area contributed by atoms with Crippen molar-refractivity contribution >= 4 is 12.6 Å². The van der Waals surface area contributed by atoms with Crippen molar-refractivity contribution in [2.75, 3.05) is 13.2 Å². The molecule has 2 aliphatic heterocycles. The van der Waals surface area contributed by atoms with Crippen LogP contribution >= 0.6 is 0 Å². The molecule has 6 nitrogen and oxygen atoms in total. The second kappa shape index (κ2) is 5.02. The number of rotatable bonds is 2. The zero-order valence-electron chi connectivity index (χ0n) is 13.4. The Balaban J connectivity index is 1.83. The molecule has 3 rings (SSSR count). The van der Waals surface area contributed by atoms with E-state index in [1.54, 1.807) is 12.4 Å². The third-order valence-electron chi connectivity index (χ3n) is 4.86. The van der Waals surface area contributed by atoms with Crippen LogP contribution in [-0.4, -0.2) is 41.5 Å². The van der Waals surface area contributed by atoms with Crippen LogP contribution in [0.3, 0.4) is 0 Å². The van der Waals surface area contributed by atoms with Crippen LogP contribution in [0.5, 0.6) is 0 Å². The van der Waals surface area contributed by atoms with Crippen molar-refractivity contribution in [2.45, 2.75) is 50.7 Å². The van der Waals surface area contributed by atoms with Gasteiger partial charge in [-0.05, 0) is 34.1 Å². The summed E-state index contributed by atoms with van der Waals surface area (Å²) >= 11 is 0. The molecule has 0 bridgehead atoms. The van der Waals surface area contributed by atoms with Gasteiger partial charge in [0.25, 0.3) is 0 Å². The molecule has 0 aromatic carbocycles. The van der Waals surface area contributed by atoms with Gasteiger partial charge in [0.05, 0.1) is 23.9 Å². The van der Waals surface area contributed by atoms with Crippen LogP contribution in [0, 0.1) is 11.3 Å². The van der Waals surface area contributed by atoms with E-state index in [1.807, 2.05) is 27.7 Å². The molecular weight excluding hydrogens is 281 g/mol. The predicted molar refractivity (Wildman–Crippen MR) is 80.5 cm³/mol. The number of nitriles is 1. The summed E-state index contributed by atoms with van der Waals surface area (Å²) in [5, 5.41) is 9.43. The normalized spacial score (nSPS) is 29.5. The van der Waals surface area contributed by atoms with E-state index in [0.29, 0.717) is 25.5 Å². The minimum absolute atomic E-state index is 0.347. The fourth-order valence-corrected chi connectivity index (χ4v) is 2.57. The second-order valence-electron chi connectivity index (χ2n) is 6.92. The molecule has 2 fully saturated rings. The van der Waals surface area contributed by atoms with Crippen LogP contribution in [0.25, 0.3) is 0 Å². The standard InChI is InChI=1S/C15H20BN3O3/c1-13(2)14(3,4)22-16(21-13)11-7-18-12(19-8-11)15(9-17)5-6-20-10-15/h7-8H,5-6,10H2,1-4H3. The number of hydrogen-bond donors (Lipinski definition) is 0. The van der Waals surface area contributed by atoms with Crippen molar-refractivity contribution in [1.29, 1.82) is 5.26 Å². The summed E-state index contributed by atoms with van der Waals surface area (Å²) in [6.07, 6.45) is 3.99. The third kappa shape index (κ3) is 2.32. The van der Waals surface area contributed by atoms with Gasteiger partial charge >= 0.3 is 7.12 Å². The molecule has 1 aromatic heterocycles. The maximum atomic E-state index is 9.43. The van der Waals surface area contributed by atoms with E-state index in [1.165, 1.54) is 0 Å². The first-order valence-electron chi connectivity index (χ1n) is 7.47. The van der Waals surface area contributed by atoms with Gasteiger partial charge < -0.3 is 14.0 Å². The van der Waals surface area contributed by atoms with E-state index in [9.17, 15) is 5.26 Å². The lowest BCUT2D eigenvalue weighted by Gasteiger charge is -2.32. The Hall–Kier alpha value is -1.49. The lowest BCUT2D eigenvalue weighted by Crippen LogP contribution is -2.41. The van der Waals surface area contributed by atoms with E-state index in [-0.39, 0.29) is 0 Å². The van der Waals surface area contributed by atoms with Gasteiger partial charge in [-0.2, -0.15) is 5.26 Å². The first-order chi connectivity index (χ1) is 10.3. The van der Waals surface area contributed by atoms with Gasteiger partial charge in [0.15, 0.2) is 5.82 Å². The van der Waals surface area contributed by atoms with Crippen LogP contribution in [0.1, 0.15) is 39.9 Å². The molecule has 3 heterocycles. The molecule has 0 saturated carbocycles. The minimum atomic E-state index is -0.728. The topological polar surface area (TPSA) is 77.3 Å². The highest BCUT2D eigenvalue weighted by Gasteiger charge is 2.52. The maximum Gasteiger partial charge on any atom is 0.498 e. The maximum absolute atomic E-state index is 9.43. The summed E-state index contributed by atoms with van der Waals surface area (Å²) in [4.78, 5) is 8.74. The van der Waals surface area contributed by atoms with Gasteiger partial charge in [-0.25, -0.2) is 9.97 Å². The van der Waals surface area contributed by atoms with Gasteiger partial charge in [-0.15, -0.1) is 0 Å². The van der Waals surface area contributed by atoms with E-state index >= 15 is 0 Å². The number of nitrogens with zero attached hydrogens (tertiary/aromatic N) is 3. The molecule has 0 N–H and O–H groups in total. The van der Waals surface area contributed by atoms with Gasteiger partial charge in [-0.1, -0.05) is 0 Å². The largest absolute Gasteiger partial charge is 0.498 e. The summed E-state index contributed by atoms with van der Waals surface area (Å²) in [5.74, 6) is 0.507. The Kier molecular flexibility index (Phi) is 3.51. The smallest absolute Gasteiger partial charge is 0.399 e. The summed E-state index contributed by atoms with van der Waals surface area (Å²) in [6.45, 7) is 8.92. The molecule has 1 unspecified atom stereocenters. The molecule has 7 heteroatoms. The fourth-order valence-electron chi connectivity index (χ4n) is 2.57. The summed E-state index contributed by atoms with van der Waals surface area (Å²) in [6, 6.07) is 2.30. The second-order valence-corrected chi connectivity index (χ2v) is 6.92. The molecule has 0 radical (unpaired) electrons.